The van der Waals surface area contributed by atoms with Gasteiger partial charge in [0.15, 0.2) is 0 Å². The van der Waals surface area contributed by atoms with Crippen molar-refractivity contribution in [1.82, 2.24) is 14.8 Å². The lowest BCUT2D eigenvalue weighted by Gasteiger charge is -2.13. The number of amides is 1. The van der Waals surface area contributed by atoms with E-state index in [1.54, 1.807) is 25.1 Å². The molecule has 18 heavy (non-hydrogen) atoms. The first-order chi connectivity index (χ1) is 8.59. The molecule has 94 valence electrons. The van der Waals surface area contributed by atoms with Gasteiger partial charge in [-0.05, 0) is 19.1 Å². The van der Waals surface area contributed by atoms with Crippen molar-refractivity contribution in [3.8, 4) is 5.69 Å². The molecule has 0 aliphatic carbocycles. The molecule has 2 rings (SSSR count). The molecule has 0 saturated carbocycles. The van der Waals surface area contributed by atoms with E-state index >= 15 is 0 Å². The molecule has 0 spiro atoms. The molecule has 0 saturated heterocycles. The zero-order chi connectivity index (χ0) is 13.1. The second-order valence-electron chi connectivity index (χ2n) is 3.75. The summed E-state index contributed by atoms with van der Waals surface area (Å²) in [6, 6.07) is 4.57. The summed E-state index contributed by atoms with van der Waals surface area (Å²) in [7, 11) is 0. The summed E-state index contributed by atoms with van der Waals surface area (Å²) in [6.45, 7) is 1.61. The first-order valence-electron chi connectivity index (χ1n) is 5.29. The van der Waals surface area contributed by atoms with Gasteiger partial charge in [0, 0.05) is 0 Å². The molecule has 6 nitrogen and oxygen atoms in total. The average Bonchev–Trinajstić information content (AvgIpc) is 2.82. The van der Waals surface area contributed by atoms with Crippen LogP contribution in [0, 0.1) is 0 Å². The van der Waals surface area contributed by atoms with Gasteiger partial charge in [0.2, 0.25) is 5.91 Å². The van der Waals surface area contributed by atoms with Crippen LogP contribution in [0.1, 0.15) is 6.92 Å². The third-order valence-electron chi connectivity index (χ3n) is 2.31. The molecule has 1 aromatic heterocycles. The zero-order valence-electron chi connectivity index (χ0n) is 9.67. The molecule has 1 amide bonds. The highest BCUT2D eigenvalue weighted by molar-refractivity contribution is 6.33. The van der Waals surface area contributed by atoms with Gasteiger partial charge in [-0.1, -0.05) is 17.7 Å². The van der Waals surface area contributed by atoms with E-state index in [0.717, 1.165) is 0 Å². The highest BCUT2D eigenvalue weighted by atomic mass is 35.5. The third kappa shape index (κ3) is 2.49. The molecule has 0 fully saturated rings. The predicted octanol–water partition coefficient (Wildman–Crippen LogP) is 1.21. The number of para-hydroxylation sites is 1. The lowest BCUT2D eigenvalue weighted by molar-refractivity contribution is -0.117. The Morgan fingerprint density at radius 3 is 2.94 bits per heavy atom. The van der Waals surface area contributed by atoms with E-state index in [4.69, 9.17) is 17.3 Å². The second kappa shape index (κ2) is 5.16. The van der Waals surface area contributed by atoms with Gasteiger partial charge in [-0.2, -0.15) is 5.10 Å². The van der Waals surface area contributed by atoms with Gasteiger partial charge >= 0.3 is 0 Å². The number of hydrogen-bond acceptors (Lipinski definition) is 4. The zero-order valence-corrected chi connectivity index (χ0v) is 10.4. The van der Waals surface area contributed by atoms with Crippen LogP contribution in [0.15, 0.2) is 30.9 Å². The number of nitrogens with one attached hydrogen (secondary N) is 1. The van der Waals surface area contributed by atoms with Crippen molar-refractivity contribution in [2.24, 2.45) is 5.73 Å². The molecule has 7 heteroatoms. The van der Waals surface area contributed by atoms with Crippen LogP contribution in [-0.4, -0.2) is 26.7 Å². The lowest BCUT2D eigenvalue weighted by Crippen LogP contribution is -2.32. The number of hydrogen-bond donors (Lipinski definition) is 2. The standard InChI is InChI=1S/C11H12ClN5O/c1-7(13)11(18)16-9-4-2-3-8(12)10(9)17-6-14-5-15-17/h2-7H,13H2,1H3,(H,16,18). The average molecular weight is 266 g/mol. The van der Waals surface area contributed by atoms with E-state index in [1.165, 1.54) is 17.3 Å². The molecule has 0 radical (unpaired) electrons. The van der Waals surface area contributed by atoms with E-state index in [9.17, 15) is 4.79 Å². The summed E-state index contributed by atoms with van der Waals surface area (Å²) in [4.78, 5) is 15.5. The first kappa shape index (κ1) is 12.5. The van der Waals surface area contributed by atoms with E-state index in [0.29, 0.717) is 16.4 Å². The Labute approximate surface area is 109 Å². The summed E-state index contributed by atoms with van der Waals surface area (Å²) in [5.41, 5.74) is 6.61. The van der Waals surface area contributed by atoms with Crippen molar-refractivity contribution in [1.29, 1.82) is 0 Å². The Hall–Kier alpha value is -1.92. The molecule has 2 aromatic rings. The number of aromatic nitrogens is 3. The minimum absolute atomic E-state index is 0.293. The minimum Gasteiger partial charge on any atom is -0.323 e. The summed E-state index contributed by atoms with van der Waals surface area (Å²) < 4.78 is 1.49. The van der Waals surface area contributed by atoms with Crippen molar-refractivity contribution >= 4 is 23.2 Å². The molecule has 1 aromatic carbocycles. The van der Waals surface area contributed by atoms with Gasteiger partial charge in [-0.3, -0.25) is 4.79 Å². The Kier molecular flexibility index (Phi) is 3.59. The molecule has 0 aliphatic rings. The summed E-state index contributed by atoms with van der Waals surface area (Å²) in [5, 5.41) is 7.16. The molecule has 1 atom stereocenters. The van der Waals surface area contributed by atoms with Crippen molar-refractivity contribution < 1.29 is 4.79 Å². The van der Waals surface area contributed by atoms with Crippen LogP contribution in [0.4, 0.5) is 5.69 Å². The van der Waals surface area contributed by atoms with Crippen LogP contribution in [-0.2, 0) is 4.79 Å². The maximum absolute atomic E-state index is 11.6. The number of carbonyl (C=O) groups is 1. The SMILES string of the molecule is CC(N)C(=O)Nc1cccc(Cl)c1-n1cncn1. The maximum atomic E-state index is 11.6. The largest absolute Gasteiger partial charge is 0.323 e. The second-order valence-corrected chi connectivity index (χ2v) is 4.16. The normalized spacial score (nSPS) is 12.2. The summed E-state index contributed by atoms with van der Waals surface area (Å²) in [6.07, 6.45) is 2.89. The highest BCUT2D eigenvalue weighted by Gasteiger charge is 2.14. The van der Waals surface area contributed by atoms with Gasteiger partial charge in [-0.25, -0.2) is 9.67 Å². The quantitative estimate of drug-likeness (QED) is 0.873. The number of rotatable bonds is 3. The molecular formula is C11H12ClN5O. The van der Waals surface area contributed by atoms with Crippen LogP contribution in [0.25, 0.3) is 5.69 Å². The third-order valence-corrected chi connectivity index (χ3v) is 2.61. The number of anilines is 1. The Balaban J connectivity index is 2.42. The predicted molar refractivity (Wildman–Crippen MR) is 68.6 cm³/mol. The summed E-state index contributed by atoms with van der Waals surface area (Å²) >= 11 is 6.11. The van der Waals surface area contributed by atoms with Gasteiger partial charge in [0.05, 0.1) is 16.8 Å². The molecule has 0 bridgehead atoms. The molecular weight excluding hydrogens is 254 g/mol. The van der Waals surface area contributed by atoms with E-state index in [2.05, 4.69) is 15.4 Å². The number of nitrogens with two attached hydrogens (primary N) is 1. The fraction of sp³-hybridized carbons (Fsp3) is 0.182. The van der Waals surface area contributed by atoms with Crippen LogP contribution < -0.4 is 11.1 Å². The van der Waals surface area contributed by atoms with Crippen molar-refractivity contribution in [3.05, 3.63) is 35.9 Å². The fourth-order valence-electron chi connectivity index (χ4n) is 1.42. The lowest BCUT2D eigenvalue weighted by atomic mass is 10.2. The number of benzene rings is 1. The summed E-state index contributed by atoms with van der Waals surface area (Å²) in [5.74, 6) is -0.293. The van der Waals surface area contributed by atoms with Crippen molar-refractivity contribution in [2.45, 2.75) is 13.0 Å². The van der Waals surface area contributed by atoms with Crippen LogP contribution in [0.3, 0.4) is 0 Å². The molecule has 1 unspecified atom stereocenters. The van der Waals surface area contributed by atoms with Crippen molar-refractivity contribution in [3.63, 3.8) is 0 Å². The fourth-order valence-corrected chi connectivity index (χ4v) is 1.68. The van der Waals surface area contributed by atoms with Gasteiger partial charge in [0.25, 0.3) is 0 Å². The number of nitrogens with zero attached hydrogens (tertiary/aromatic N) is 3. The topological polar surface area (TPSA) is 85.8 Å². The number of carbonyl (C=O) groups excluding carboxylic acids is 1. The molecule has 1 heterocycles. The van der Waals surface area contributed by atoms with Gasteiger partial charge in [-0.15, -0.1) is 0 Å². The Bertz CT molecular complexity index is 553. The monoisotopic (exact) mass is 265 g/mol. The van der Waals surface area contributed by atoms with Gasteiger partial charge < -0.3 is 11.1 Å². The van der Waals surface area contributed by atoms with E-state index in [-0.39, 0.29) is 5.91 Å². The van der Waals surface area contributed by atoms with Crippen molar-refractivity contribution in [2.75, 3.05) is 5.32 Å². The Morgan fingerprint density at radius 1 is 1.56 bits per heavy atom. The van der Waals surface area contributed by atoms with Gasteiger partial charge in [0.1, 0.15) is 18.3 Å². The van der Waals surface area contributed by atoms with Crippen LogP contribution in [0.5, 0.6) is 0 Å². The highest BCUT2D eigenvalue weighted by Crippen LogP contribution is 2.27. The molecule has 3 N–H and O–H groups in total. The van der Waals surface area contributed by atoms with Crippen LogP contribution >= 0.6 is 11.6 Å². The van der Waals surface area contributed by atoms with E-state index in [1.807, 2.05) is 0 Å². The van der Waals surface area contributed by atoms with E-state index < -0.39 is 6.04 Å². The molecule has 0 aliphatic heterocycles. The first-order valence-corrected chi connectivity index (χ1v) is 5.67. The Morgan fingerprint density at radius 2 is 2.33 bits per heavy atom. The smallest absolute Gasteiger partial charge is 0.241 e. The minimum atomic E-state index is -0.604. The number of halogens is 1. The maximum Gasteiger partial charge on any atom is 0.241 e. The van der Waals surface area contributed by atoms with Crippen LogP contribution in [0.2, 0.25) is 5.02 Å².